The molecule has 107 heavy (non-hydrogen) atoms. The molecule has 11 heterocycles. The Bertz CT molecular complexity index is 4840. The minimum Gasteiger partial charge on any atom is -0.790 e. The maximum Gasteiger partial charge on any atom is 1.00 e. The number of hydrogen-bond acceptors (Lipinski definition) is 34. The number of allylic oxidation sites excluding steroid dienone is 1. The summed E-state index contributed by atoms with van der Waals surface area (Å²) < 4.78 is 53.2. The summed E-state index contributed by atoms with van der Waals surface area (Å²) in [6.45, 7) is 4.38. The van der Waals surface area contributed by atoms with Crippen LogP contribution in [-0.4, -0.2) is 203 Å². The fourth-order valence-electron chi connectivity index (χ4n) is 12.3. The van der Waals surface area contributed by atoms with Crippen LogP contribution in [0.25, 0.3) is 49.3 Å². The van der Waals surface area contributed by atoms with E-state index in [9.17, 15) is 54.1 Å². The molecule has 44 heteroatoms. The molecule has 0 radical (unpaired) electrons. The number of phosphoric ester groups is 1. The zero-order valence-electron chi connectivity index (χ0n) is 58.4. The average molecular weight is 1610 g/mol. The number of carbonyl (C=O) groups is 8. The van der Waals surface area contributed by atoms with Gasteiger partial charge in [-0.1, -0.05) is 12.1 Å². The fraction of sp³-hybridized carbons (Fsp3) is 0.397. The number of cyclic esters (lactones) is 2. The number of pyridine rings is 1. The molecule has 4 aliphatic heterocycles. The molecule has 0 aliphatic carbocycles. The largest absolute Gasteiger partial charge is 1.00 e. The number of amides is 6. The molecule has 1 aromatic carbocycles. The van der Waals surface area contributed by atoms with Gasteiger partial charge in [0.1, 0.15) is 126 Å². The zero-order chi connectivity index (χ0) is 75.2. The van der Waals surface area contributed by atoms with E-state index in [0.29, 0.717) is 4.73 Å². The van der Waals surface area contributed by atoms with E-state index in [0.717, 1.165) is 56.7 Å². The maximum absolute atomic E-state index is 15.2. The van der Waals surface area contributed by atoms with Crippen molar-refractivity contribution in [3.05, 3.63) is 112 Å². The molecule has 0 unspecified atom stereocenters. The van der Waals surface area contributed by atoms with Gasteiger partial charge in [-0.15, -0.1) is 56.7 Å². The number of ether oxygens (including phenoxy) is 6. The number of rotatable bonds is 13. The number of carbonyl (C=O) groups excluding carboxylic acids is 8. The van der Waals surface area contributed by atoms with E-state index in [-0.39, 0.29) is 169 Å². The second kappa shape index (κ2) is 34.0. The maximum atomic E-state index is 15.2. The second-order valence-electron chi connectivity index (χ2n) is 24.8. The number of methoxy groups -OCH3 is 1. The van der Waals surface area contributed by atoms with Crippen LogP contribution in [0.3, 0.4) is 0 Å². The normalized spacial score (nSPS) is 23.3. The quantitative estimate of drug-likeness (QED) is 0.0132. The van der Waals surface area contributed by atoms with Crippen molar-refractivity contribution in [3.8, 4) is 38.4 Å². The number of nitrogens with zero attached hydrogens (tertiary/aromatic N) is 8. The summed E-state index contributed by atoms with van der Waals surface area (Å²) in [7, 11) is -0.514. The van der Waals surface area contributed by atoms with E-state index in [1.54, 1.807) is 45.0 Å². The van der Waals surface area contributed by atoms with E-state index in [4.69, 9.17) is 43.4 Å². The molecule has 12 bridgehead atoms. The molecule has 11 atom stereocenters. The van der Waals surface area contributed by atoms with Crippen molar-refractivity contribution in [2.24, 2.45) is 0 Å². The Labute approximate surface area is 671 Å². The van der Waals surface area contributed by atoms with Crippen LogP contribution in [-0.2, 0) is 65.1 Å². The number of aromatic hydroxyl groups is 1. The number of phosphoric acid groups is 1. The Morgan fingerprint density at radius 2 is 1.50 bits per heavy atom. The number of esters is 2. The molecule has 8 aromatic rings. The summed E-state index contributed by atoms with van der Waals surface area (Å²) in [6.07, 6.45) is -7.67. The smallest absolute Gasteiger partial charge is 0.790 e. The molecule has 6 amide bonds. The number of nitrogens with one attached hydrogen (secondary N) is 6. The van der Waals surface area contributed by atoms with Crippen LogP contribution in [0.1, 0.15) is 132 Å². The van der Waals surface area contributed by atoms with Gasteiger partial charge in [0.25, 0.3) is 23.6 Å². The predicted octanol–water partition coefficient (Wildman–Crippen LogP) is -3.75. The van der Waals surface area contributed by atoms with E-state index in [1.165, 1.54) is 66.9 Å². The molecule has 4 aliphatic rings. The number of aliphatic hydroxyl groups excluding tert-OH is 1. The second-order valence-corrected chi connectivity index (χ2v) is 30.3. The summed E-state index contributed by atoms with van der Waals surface area (Å²) in [5.74, 6) is -8.25. The van der Waals surface area contributed by atoms with Crippen molar-refractivity contribution in [2.45, 2.75) is 121 Å². The van der Waals surface area contributed by atoms with Crippen molar-refractivity contribution in [3.63, 3.8) is 0 Å². The van der Waals surface area contributed by atoms with Gasteiger partial charge in [0, 0.05) is 56.4 Å². The van der Waals surface area contributed by atoms with E-state index >= 15 is 19.2 Å². The van der Waals surface area contributed by atoms with E-state index < -0.39 is 166 Å². The first kappa shape index (κ1) is 82.3. The van der Waals surface area contributed by atoms with Crippen LogP contribution >= 0.6 is 64.5 Å². The van der Waals surface area contributed by atoms with Gasteiger partial charge >= 0.3 is 71.1 Å². The van der Waals surface area contributed by atoms with Crippen molar-refractivity contribution in [2.75, 3.05) is 41.0 Å². The number of aromatic nitrogens is 7. The number of benzene rings is 1. The van der Waals surface area contributed by atoms with E-state index in [1.807, 2.05) is 0 Å². The number of likely N-dealkylation sites (N-methyl/N-ethyl adjacent to an activating group) is 1. The molecule has 12 rings (SSSR count). The summed E-state index contributed by atoms with van der Waals surface area (Å²) in [5.41, 5.74) is -3.24. The number of aliphatic hydroxyl groups is 2. The predicted molar refractivity (Wildman–Crippen MR) is 368 cm³/mol. The Morgan fingerprint density at radius 1 is 0.850 bits per heavy atom. The van der Waals surface area contributed by atoms with Crippen molar-refractivity contribution < 1.29 is 165 Å². The van der Waals surface area contributed by atoms with Gasteiger partial charge in [0.05, 0.1) is 57.5 Å². The molecule has 7 aromatic heterocycles. The van der Waals surface area contributed by atoms with Crippen LogP contribution in [0.4, 0.5) is 0 Å². The molecular formula is C63H65N14Na2O22PS5. The summed E-state index contributed by atoms with van der Waals surface area (Å²) in [5, 5.41) is 69.8. The monoisotopic (exact) mass is 1610 g/mol. The van der Waals surface area contributed by atoms with Gasteiger partial charge < -0.3 is 105 Å². The first-order valence-electron chi connectivity index (χ1n) is 31.8. The first-order chi connectivity index (χ1) is 49.9. The SMILES string of the molecule is CO/C(C)=C1/NC(=O)[C@H]([C@@H](C)O)NC(=O)c2csc(n2)-c2cc(O)c(-c3nc(C(=O)N[C@@H](C)C(=O)NCCOP(=O)([O-])[O-])cs3)nc2-c2csc(n2)[C@@H]2COC(=O)c3c4c5c(cccc5n3O)COC(=O)[C@@H](O[C@H]3C[C@](C)(O)[C@H](N(C)C)[C@H](C)O3)[C@@H](OC4)[C@H](NC(=O)c3csc1n3)c1nc(cs1)C(=O)N2.[Na+].[Na+]. The molecule has 1 fully saturated rings. The summed E-state index contributed by atoms with van der Waals surface area (Å²) in [4.78, 5) is 167. The molecule has 0 saturated carbocycles. The third-order valence-corrected chi connectivity index (χ3v) is 22.1. The number of hydrogen-bond donors (Lipinski definition) is 10. The van der Waals surface area contributed by atoms with Crippen molar-refractivity contribution in [1.29, 1.82) is 0 Å². The third kappa shape index (κ3) is 17.9. The molecule has 10 N–H and O–H groups in total. The minimum atomic E-state index is -5.32. The number of fused-ring (bicyclic) bond motifs is 15. The Balaban J connectivity index is 0.00000612. The molecule has 36 nitrogen and oxygen atoms in total. The van der Waals surface area contributed by atoms with Crippen LogP contribution in [0, 0.1) is 0 Å². The summed E-state index contributed by atoms with van der Waals surface area (Å²) in [6, 6.07) is -0.771. The van der Waals surface area contributed by atoms with Gasteiger partial charge in [-0.2, -0.15) is 4.73 Å². The van der Waals surface area contributed by atoms with Crippen LogP contribution in [0.15, 0.2) is 56.9 Å². The Morgan fingerprint density at radius 3 is 2.21 bits per heavy atom. The van der Waals surface area contributed by atoms with Gasteiger partial charge in [-0.05, 0) is 66.4 Å². The van der Waals surface area contributed by atoms with Crippen molar-refractivity contribution >= 4 is 128 Å². The van der Waals surface area contributed by atoms with Crippen LogP contribution in [0.2, 0.25) is 0 Å². The fourth-order valence-corrected chi connectivity index (χ4v) is 16.8. The minimum absolute atomic E-state index is 0. The van der Waals surface area contributed by atoms with Gasteiger partial charge in [0.2, 0.25) is 11.8 Å². The standard InChI is InChI=1S/C63H67N14O22PS5.2Na/c1-24(50(80)64-12-13-97-100(90,91)92)65-51(81)33-21-104-59(70-33)44-38(79)14-29-43(72-44)32-19-102-57(67-32)31-18-96-61(86)46-30-17-94-47(48(99-39-15-63(5,88)49(76(6)7)27(4)98-39)62(87)95-16-28-10-9-11-37(40(28)30)77(46)89)45(60-71-34(22-105-60)52(82)66-31)75-54(84)36-23-103-58(69-36)42(26(3)93-8)74-55(85)41(25(2)78)73-53(83)35-20-101-56(29)68-35;;/h9-11,14,19-25,27,31,39,41,45,47-49,78-79,88-89H,12-13,15-18H2,1-8H3,(H,64,80)(H,65,81)(H,66,82)(H,73,83)(H,74,85)(H,75,84)(H2,90,91,92);;/q;2*+1/p-2/b42-26+;;/t24-,25+,27-,31-,39-,41-,45-,47-,48-,49+,63-;;/m0../s1. The molecule has 1 saturated heterocycles. The molecular weight excluding hydrogens is 1540 g/mol. The molecule has 556 valence electrons. The topological polar surface area (TPSA) is 503 Å². The third-order valence-electron chi connectivity index (χ3n) is 17.1. The van der Waals surface area contributed by atoms with Crippen LogP contribution in [0.5, 0.6) is 5.75 Å². The van der Waals surface area contributed by atoms with Crippen LogP contribution < -0.4 is 101 Å². The zero-order valence-corrected chi connectivity index (χ0v) is 67.4. The Hall–Kier alpha value is -7.17. The summed E-state index contributed by atoms with van der Waals surface area (Å²) >= 11 is 4.34. The van der Waals surface area contributed by atoms with Gasteiger partial charge in [0.15, 0.2) is 18.1 Å². The number of thiazole rings is 5. The average Bonchev–Trinajstić information content (AvgIpc) is 1.40. The molecule has 0 spiro atoms. The Kier molecular flexibility index (Phi) is 26.1. The van der Waals surface area contributed by atoms with E-state index in [2.05, 4.69) is 51.4 Å². The first-order valence-corrected chi connectivity index (χ1v) is 37.7. The van der Waals surface area contributed by atoms with Crippen molar-refractivity contribution in [1.82, 2.24) is 71.4 Å². The van der Waals surface area contributed by atoms with Gasteiger partial charge in [-0.3, -0.25) is 28.8 Å². The van der Waals surface area contributed by atoms with Gasteiger partial charge in [-0.25, -0.2) is 39.5 Å².